The van der Waals surface area contributed by atoms with Crippen LogP contribution in [0.3, 0.4) is 0 Å². The number of carbonyl (C=O) groups is 2. The minimum atomic E-state index is -0.670. The van der Waals surface area contributed by atoms with E-state index in [-0.39, 0.29) is 17.4 Å². The molecule has 5 atom stereocenters. The molecule has 1 saturated heterocycles. The highest BCUT2D eigenvalue weighted by Gasteiger charge is 2.68. The van der Waals surface area contributed by atoms with Gasteiger partial charge in [-0.1, -0.05) is 37.6 Å². The third kappa shape index (κ3) is 5.26. The summed E-state index contributed by atoms with van der Waals surface area (Å²) in [4.78, 5) is 26.4. The van der Waals surface area contributed by atoms with E-state index in [0.29, 0.717) is 40.2 Å². The number of amides is 1. The van der Waals surface area contributed by atoms with Gasteiger partial charge in [-0.25, -0.2) is 4.79 Å². The van der Waals surface area contributed by atoms with E-state index in [1.807, 2.05) is 26.8 Å². The number of hydrogen-bond acceptors (Lipinski definition) is 6. The van der Waals surface area contributed by atoms with E-state index in [1.54, 1.807) is 36.4 Å². The van der Waals surface area contributed by atoms with Crippen LogP contribution in [-0.4, -0.2) is 49.4 Å². The zero-order valence-electron chi connectivity index (χ0n) is 24.4. The SMILES string of the molecule is COc1c(CC(NC(=O)c2ccc(Cl)cc2)B2OC3CC4CC(C4(C)C)C3(C)O2)cccc1C(=O)OC(C)(C)C. The molecule has 1 heterocycles. The first kappa shape index (κ1) is 29.0. The normalized spacial score (nSPS) is 27.3. The summed E-state index contributed by atoms with van der Waals surface area (Å²) >= 11 is 6.05. The molecule has 3 saturated carbocycles. The van der Waals surface area contributed by atoms with Crippen LogP contribution in [0.15, 0.2) is 42.5 Å². The Hall–Kier alpha value is -2.55. The third-order valence-corrected chi connectivity index (χ3v) is 9.33. The molecule has 0 aromatic heterocycles. The van der Waals surface area contributed by atoms with Crippen LogP contribution in [0.25, 0.3) is 0 Å². The highest BCUT2D eigenvalue weighted by Crippen LogP contribution is 2.65. The van der Waals surface area contributed by atoms with Gasteiger partial charge in [0.2, 0.25) is 0 Å². The Kier molecular flexibility index (Phi) is 7.51. The smallest absolute Gasteiger partial charge is 0.482 e. The second kappa shape index (κ2) is 10.4. The van der Waals surface area contributed by atoms with Crippen molar-refractivity contribution in [1.82, 2.24) is 5.32 Å². The van der Waals surface area contributed by atoms with Gasteiger partial charge in [-0.15, -0.1) is 0 Å². The van der Waals surface area contributed by atoms with E-state index >= 15 is 0 Å². The Morgan fingerprint density at radius 2 is 1.82 bits per heavy atom. The summed E-state index contributed by atoms with van der Waals surface area (Å²) < 4.78 is 24.7. The van der Waals surface area contributed by atoms with Gasteiger partial charge >= 0.3 is 13.1 Å². The molecule has 4 aliphatic rings. The largest absolute Gasteiger partial charge is 0.496 e. The quantitative estimate of drug-likeness (QED) is 0.331. The lowest BCUT2D eigenvalue weighted by Crippen LogP contribution is -2.65. The molecule has 1 amide bonds. The fourth-order valence-electron chi connectivity index (χ4n) is 6.86. The first-order chi connectivity index (χ1) is 18.7. The standard InChI is InChI=1S/C31H39BClNO6/c1-29(2,3)38-28(36)22-10-8-9-19(26(22)37-7)15-25(34-27(35)18-11-13-21(33)14-12-18)32-39-24-17-20-16-23(30(20,4)5)31(24,6)40-32/h8-14,20,23-25H,15-17H2,1-7H3,(H,34,35). The molecule has 214 valence electrons. The average Bonchev–Trinajstić information content (AvgIpc) is 3.24. The monoisotopic (exact) mass is 567 g/mol. The van der Waals surface area contributed by atoms with Crippen LogP contribution in [0.2, 0.25) is 5.02 Å². The summed E-state index contributed by atoms with van der Waals surface area (Å²) in [5.74, 6) is 0.112. The molecule has 4 fully saturated rings. The lowest BCUT2D eigenvalue weighted by molar-refractivity contribution is -0.199. The number of esters is 1. The predicted molar refractivity (Wildman–Crippen MR) is 155 cm³/mol. The molecule has 3 aliphatic carbocycles. The average molecular weight is 568 g/mol. The van der Waals surface area contributed by atoms with E-state index in [4.69, 9.17) is 30.4 Å². The third-order valence-electron chi connectivity index (χ3n) is 9.08. The summed E-state index contributed by atoms with van der Waals surface area (Å²) in [6.45, 7) is 12.3. The Labute approximate surface area is 242 Å². The summed E-state index contributed by atoms with van der Waals surface area (Å²) in [5.41, 5.74) is 0.650. The highest BCUT2D eigenvalue weighted by molar-refractivity contribution is 6.48. The van der Waals surface area contributed by atoms with Crippen LogP contribution in [0.5, 0.6) is 5.75 Å². The van der Waals surface area contributed by atoms with Gasteiger partial charge in [-0.3, -0.25) is 4.79 Å². The van der Waals surface area contributed by atoms with Crippen LogP contribution in [0, 0.1) is 17.3 Å². The summed E-state index contributed by atoms with van der Waals surface area (Å²) in [7, 11) is 0.859. The number of rotatable bonds is 7. The van der Waals surface area contributed by atoms with Gasteiger partial charge in [0.1, 0.15) is 16.9 Å². The van der Waals surface area contributed by atoms with E-state index < -0.39 is 30.2 Å². The molecule has 7 nitrogen and oxygen atoms in total. The second-order valence-corrected chi connectivity index (χ2v) is 13.6. The van der Waals surface area contributed by atoms with Crippen LogP contribution >= 0.6 is 11.6 Å². The van der Waals surface area contributed by atoms with Crippen molar-refractivity contribution in [3.05, 3.63) is 64.2 Å². The van der Waals surface area contributed by atoms with Crippen LogP contribution in [-0.2, 0) is 20.5 Å². The maximum atomic E-state index is 13.4. The van der Waals surface area contributed by atoms with Crippen LogP contribution in [0.1, 0.15) is 80.7 Å². The van der Waals surface area contributed by atoms with Crippen molar-refractivity contribution in [2.45, 2.75) is 84.1 Å². The number of ether oxygens (including phenoxy) is 2. The molecule has 2 aromatic rings. The summed E-state index contributed by atoms with van der Waals surface area (Å²) in [6.07, 6.45) is 2.35. The molecule has 0 radical (unpaired) electrons. The number of benzene rings is 2. The van der Waals surface area contributed by atoms with Crippen molar-refractivity contribution in [1.29, 1.82) is 0 Å². The Balaban J connectivity index is 1.45. The lowest BCUT2D eigenvalue weighted by atomic mass is 9.43. The summed E-state index contributed by atoms with van der Waals surface area (Å²) in [5, 5.41) is 3.71. The maximum Gasteiger partial charge on any atom is 0.482 e. The zero-order chi connectivity index (χ0) is 29.0. The number of methoxy groups -OCH3 is 1. The lowest BCUT2D eigenvalue weighted by Gasteiger charge is -2.64. The van der Waals surface area contributed by atoms with E-state index in [0.717, 1.165) is 18.4 Å². The van der Waals surface area contributed by atoms with E-state index in [1.165, 1.54) is 7.11 Å². The van der Waals surface area contributed by atoms with Gasteiger partial charge in [-0.05, 0) is 100 Å². The molecule has 2 aromatic carbocycles. The molecule has 5 unspecified atom stereocenters. The van der Waals surface area contributed by atoms with Crippen molar-refractivity contribution < 1.29 is 28.4 Å². The number of halogens is 1. The molecule has 2 bridgehead atoms. The Morgan fingerprint density at radius 3 is 2.45 bits per heavy atom. The first-order valence-corrected chi connectivity index (χ1v) is 14.4. The maximum absolute atomic E-state index is 13.4. The van der Waals surface area contributed by atoms with Gasteiger partial charge < -0.3 is 24.1 Å². The topological polar surface area (TPSA) is 83.1 Å². The molecule has 1 aliphatic heterocycles. The Bertz CT molecular complexity index is 1290. The molecule has 0 spiro atoms. The van der Waals surface area contributed by atoms with Crippen molar-refractivity contribution in [2.75, 3.05) is 7.11 Å². The molecular formula is C31H39BClNO6. The van der Waals surface area contributed by atoms with Crippen molar-refractivity contribution in [2.24, 2.45) is 17.3 Å². The minimum Gasteiger partial charge on any atom is -0.496 e. The number of carbonyl (C=O) groups excluding carboxylic acids is 2. The van der Waals surface area contributed by atoms with Gasteiger partial charge in [0.25, 0.3) is 5.91 Å². The minimum absolute atomic E-state index is 0.0424. The molecular weight excluding hydrogens is 529 g/mol. The van der Waals surface area contributed by atoms with Gasteiger partial charge in [0.05, 0.1) is 24.8 Å². The van der Waals surface area contributed by atoms with Crippen molar-refractivity contribution >= 4 is 30.6 Å². The second-order valence-electron chi connectivity index (χ2n) is 13.1. The molecule has 1 N–H and O–H groups in total. The number of para-hydroxylation sites is 1. The Morgan fingerprint density at radius 1 is 1.12 bits per heavy atom. The van der Waals surface area contributed by atoms with Crippen molar-refractivity contribution in [3.63, 3.8) is 0 Å². The summed E-state index contributed by atoms with van der Waals surface area (Å²) in [6, 6.07) is 12.1. The fourth-order valence-corrected chi connectivity index (χ4v) is 6.98. The van der Waals surface area contributed by atoms with E-state index in [9.17, 15) is 9.59 Å². The highest BCUT2D eigenvalue weighted by atomic mass is 35.5. The molecule has 40 heavy (non-hydrogen) atoms. The number of hydrogen-bond donors (Lipinski definition) is 1. The molecule has 9 heteroatoms. The van der Waals surface area contributed by atoms with Gasteiger partial charge in [-0.2, -0.15) is 0 Å². The van der Waals surface area contributed by atoms with Gasteiger partial charge in [0, 0.05) is 10.6 Å². The van der Waals surface area contributed by atoms with E-state index in [2.05, 4.69) is 26.1 Å². The fraction of sp³-hybridized carbons (Fsp3) is 0.548. The first-order valence-electron chi connectivity index (χ1n) is 14.0. The van der Waals surface area contributed by atoms with Crippen molar-refractivity contribution in [3.8, 4) is 5.75 Å². The zero-order valence-corrected chi connectivity index (χ0v) is 25.1. The number of nitrogens with one attached hydrogen (secondary N) is 1. The van der Waals surface area contributed by atoms with Gasteiger partial charge in [0.15, 0.2) is 0 Å². The van der Waals surface area contributed by atoms with Crippen LogP contribution in [0.4, 0.5) is 0 Å². The predicted octanol–water partition coefficient (Wildman–Crippen LogP) is 5.91. The van der Waals surface area contributed by atoms with Crippen LogP contribution < -0.4 is 10.1 Å². The molecule has 6 rings (SSSR count).